The maximum absolute atomic E-state index is 12.0. The number of carboxylic acids is 1. The van der Waals surface area contributed by atoms with Gasteiger partial charge < -0.3 is 14.6 Å². The first-order valence-electron chi connectivity index (χ1n) is 5.73. The van der Waals surface area contributed by atoms with Gasteiger partial charge in [-0.2, -0.15) is 0 Å². The Morgan fingerprint density at radius 3 is 2.88 bits per heavy atom. The summed E-state index contributed by atoms with van der Waals surface area (Å²) >= 11 is 0. The maximum atomic E-state index is 12.0. The molecule has 0 saturated carbocycles. The van der Waals surface area contributed by atoms with Crippen LogP contribution >= 0.6 is 0 Å². The molecule has 1 fully saturated rings. The molecule has 5 nitrogen and oxygen atoms in total. The van der Waals surface area contributed by atoms with Gasteiger partial charge in [0.1, 0.15) is 12.7 Å². The van der Waals surface area contributed by atoms with Crippen molar-refractivity contribution in [3.8, 4) is 0 Å². The van der Waals surface area contributed by atoms with Crippen molar-refractivity contribution < 1.29 is 24.2 Å². The van der Waals surface area contributed by atoms with Crippen molar-refractivity contribution in [3.63, 3.8) is 0 Å². The summed E-state index contributed by atoms with van der Waals surface area (Å²) in [7, 11) is 0. The summed E-state index contributed by atoms with van der Waals surface area (Å²) < 4.78 is 10.1. The lowest BCUT2D eigenvalue weighted by molar-refractivity contribution is -0.163. The number of carbonyl (C=O) groups is 2. The van der Waals surface area contributed by atoms with Gasteiger partial charge in [-0.05, 0) is 19.8 Å². The summed E-state index contributed by atoms with van der Waals surface area (Å²) in [6.45, 7) is 2.45. The van der Waals surface area contributed by atoms with Crippen molar-refractivity contribution in [1.82, 2.24) is 0 Å². The molecule has 1 heterocycles. The first-order chi connectivity index (χ1) is 8.04. The van der Waals surface area contributed by atoms with Crippen molar-refractivity contribution in [2.45, 2.75) is 25.9 Å². The minimum atomic E-state index is -1.06. The molecule has 0 bridgehead atoms. The molecule has 94 valence electrons. The lowest BCUT2D eigenvalue weighted by atomic mass is 9.71. The fourth-order valence-electron chi connectivity index (χ4n) is 2.09. The van der Waals surface area contributed by atoms with Crippen LogP contribution in [0.15, 0.2) is 12.2 Å². The summed E-state index contributed by atoms with van der Waals surface area (Å²) in [4.78, 5) is 23.1. The van der Waals surface area contributed by atoms with Crippen molar-refractivity contribution in [2.75, 3.05) is 13.2 Å². The molecule has 17 heavy (non-hydrogen) atoms. The van der Waals surface area contributed by atoms with Crippen LogP contribution in [0.4, 0.5) is 0 Å². The smallest absolute Gasteiger partial charge is 0.316 e. The predicted molar refractivity (Wildman–Crippen MR) is 58.3 cm³/mol. The average Bonchev–Trinajstić information content (AvgIpc) is 3.09. The van der Waals surface area contributed by atoms with Gasteiger partial charge in [0, 0.05) is 0 Å². The Morgan fingerprint density at radius 1 is 1.59 bits per heavy atom. The molecule has 0 aromatic carbocycles. The van der Waals surface area contributed by atoms with Crippen molar-refractivity contribution in [1.29, 1.82) is 0 Å². The summed E-state index contributed by atoms with van der Waals surface area (Å²) in [6, 6.07) is 0. The molecule has 1 saturated heterocycles. The molecule has 0 aromatic heterocycles. The van der Waals surface area contributed by atoms with Gasteiger partial charge >= 0.3 is 11.9 Å². The standard InChI is InChI=1S/C12H16O5/c1-12(11(15)17-7-8-6-16-8)5-3-2-4-9(12)10(13)14/h3,5,8-9H,2,4,6-7H2,1H3,(H,13,14). The van der Waals surface area contributed by atoms with E-state index in [4.69, 9.17) is 14.6 Å². The zero-order chi connectivity index (χ0) is 12.5. The summed E-state index contributed by atoms with van der Waals surface area (Å²) in [5, 5.41) is 9.15. The van der Waals surface area contributed by atoms with Gasteiger partial charge in [-0.15, -0.1) is 0 Å². The number of aliphatic carboxylic acids is 1. The lowest BCUT2D eigenvalue weighted by Gasteiger charge is -2.32. The van der Waals surface area contributed by atoms with Gasteiger partial charge in [-0.1, -0.05) is 12.2 Å². The third-order valence-electron chi connectivity index (χ3n) is 3.35. The zero-order valence-electron chi connectivity index (χ0n) is 9.72. The Kier molecular flexibility index (Phi) is 3.19. The topological polar surface area (TPSA) is 76.1 Å². The fraction of sp³-hybridized carbons (Fsp3) is 0.667. The van der Waals surface area contributed by atoms with E-state index in [1.807, 2.05) is 6.08 Å². The van der Waals surface area contributed by atoms with E-state index in [1.54, 1.807) is 13.0 Å². The minimum Gasteiger partial charge on any atom is -0.481 e. The Labute approximate surface area is 99.4 Å². The van der Waals surface area contributed by atoms with Crippen LogP contribution in [0.1, 0.15) is 19.8 Å². The van der Waals surface area contributed by atoms with Crippen LogP contribution in [0.5, 0.6) is 0 Å². The van der Waals surface area contributed by atoms with E-state index in [2.05, 4.69) is 0 Å². The average molecular weight is 240 g/mol. The van der Waals surface area contributed by atoms with Gasteiger partial charge in [0.05, 0.1) is 17.9 Å². The van der Waals surface area contributed by atoms with Crippen molar-refractivity contribution in [3.05, 3.63) is 12.2 Å². The highest BCUT2D eigenvalue weighted by atomic mass is 16.6. The number of epoxide rings is 1. The first kappa shape index (κ1) is 12.1. The number of carboxylic acid groups (broad SMARTS) is 1. The van der Waals surface area contributed by atoms with Crippen LogP contribution in [-0.2, 0) is 19.1 Å². The summed E-state index contributed by atoms with van der Waals surface area (Å²) in [6.07, 6.45) is 4.65. The lowest BCUT2D eigenvalue weighted by Crippen LogP contribution is -2.41. The molecule has 0 radical (unpaired) electrons. The number of ether oxygens (including phenoxy) is 2. The highest BCUT2D eigenvalue weighted by Crippen LogP contribution is 2.38. The first-order valence-corrected chi connectivity index (χ1v) is 5.73. The van der Waals surface area contributed by atoms with E-state index in [0.717, 1.165) is 0 Å². The maximum Gasteiger partial charge on any atom is 0.316 e. The largest absolute Gasteiger partial charge is 0.481 e. The van der Waals surface area contributed by atoms with E-state index in [0.29, 0.717) is 19.4 Å². The van der Waals surface area contributed by atoms with E-state index in [9.17, 15) is 9.59 Å². The molecular formula is C12H16O5. The predicted octanol–water partition coefficient (Wildman–Crippen LogP) is 0.985. The van der Waals surface area contributed by atoms with Crippen LogP contribution in [0.3, 0.4) is 0 Å². The van der Waals surface area contributed by atoms with Crippen molar-refractivity contribution >= 4 is 11.9 Å². The molecule has 3 atom stereocenters. The van der Waals surface area contributed by atoms with Gasteiger partial charge in [0.25, 0.3) is 0 Å². The van der Waals surface area contributed by atoms with Crippen LogP contribution in [0, 0.1) is 11.3 Å². The van der Waals surface area contributed by atoms with Gasteiger partial charge in [-0.25, -0.2) is 0 Å². The molecule has 2 rings (SSSR count). The number of hydrogen-bond acceptors (Lipinski definition) is 4. The molecular weight excluding hydrogens is 224 g/mol. The van der Waals surface area contributed by atoms with E-state index < -0.39 is 23.3 Å². The van der Waals surface area contributed by atoms with Crippen LogP contribution < -0.4 is 0 Å². The van der Waals surface area contributed by atoms with Crippen LogP contribution in [0.25, 0.3) is 0 Å². The van der Waals surface area contributed by atoms with Crippen LogP contribution in [0.2, 0.25) is 0 Å². The SMILES string of the molecule is CC1(C(=O)OCC2CO2)C=CCCC1C(=O)O. The molecule has 2 aliphatic rings. The van der Waals surface area contributed by atoms with Crippen molar-refractivity contribution in [2.24, 2.45) is 11.3 Å². The normalized spacial score (nSPS) is 35.4. The molecule has 0 amide bonds. The Bertz CT molecular complexity index is 358. The summed E-state index contributed by atoms with van der Waals surface area (Å²) in [5.41, 5.74) is -1.06. The number of esters is 1. The quantitative estimate of drug-likeness (QED) is 0.450. The second-order valence-electron chi connectivity index (χ2n) is 4.71. The number of hydrogen-bond donors (Lipinski definition) is 1. The highest BCUT2D eigenvalue weighted by molar-refractivity contribution is 5.86. The molecule has 0 aromatic rings. The second kappa shape index (κ2) is 4.49. The molecule has 1 N–H and O–H groups in total. The van der Waals surface area contributed by atoms with Gasteiger partial charge in [0.2, 0.25) is 0 Å². The van der Waals surface area contributed by atoms with Gasteiger partial charge in [0.15, 0.2) is 0 Å². The molecule has 5 heteroatoms. The molecule has 0 spiro atoms. The Morgan fingerprint density at radius 2 is 2.29 bits per heavy atom. The van der Waals surface area contributed by atoms with E-state index in [-0.39, 0.29) is 12.7 Å². The minimum absolute atomic E-state index is 0.00148. The van der Waals surface area contributed by atoms with E-state index >= 15 is 0 Å². The fourth-order valence-corrected chi connectivity index (χ4v) is 2.09. The number of rotatable bonds is 4. The monoisotopic (exact) mass is 240 g/mol. The Balaban J connectivity index is 2.06. The zero-order valence-corrected chi connectivity index (χ0v) is 9.72. The molecule has 1 aliphatic heterocycles. The third kappa shape index (κ3) is 2.49. The highest BCUT2D eigenvalue weighted by Gasteiger charge is 2.46. The number of allylic oxidation sites excluding steroid dienone is 1. The van der Waals surface area contributed by atoms with Gasteiger partial charge in [-0.3, -0.25) is 9.59 Å². The summed E-state index contributed by atoms with van der Waals surface area (Å²) in [5.74, 6) is -2.13. The number of carbonyl (C=O) groups excluding carboxylic acids is 1. The third-order valence-corrected chi connectivity index (χ3v) is 3.35. The Hall–Kier alpha value is -1.36. The van der Waals surface area contributed by atoms with Crippen LogP contribution in [-0.4, -0.2) is 36.4 Å². The van der Waals surface area contributed by atoms with E-state index in [1.165, 1.54) is 0 Å². The second-order valence-corrected chi connectivity index (χ2v) is 4.71. The molecule has 1 aliphatic carbocycles. The molecule has 3 unspecified atom stereocenters.